The number of rotatable bonds is 8. The maximum atomic E-state index is 14.0. The smallest absolute Gasteiger partial charge is 0.408 e. The van der Waals surface area contributed by atoms with Crippen molar-refractivity contribution in [1.29, 1.82) is 0 Å². The number of nitrogens with one attached hydrogen (secondary N) is 2. The van der Waals surface area contributed by atoms with Gasteiger partial charge >= 0.3 is 6.09 Å². The van der Waals surface area contributed by atoms with Crippen LogP contribution in [0.2, 0.25) is 0 Å². The molecule has 7 heteroatoms. The number of carbonyl (C=O) groups excluding carboxylic acids is 3. The Hall–Kier alpha value is -3.35. The van der Waals surface area contributed by atoms with Crippen LogP contribution in [0, 0.1) is 33.6 Å². The Labute approximate surface area is 222 Å². The van der Waals surface area contributed by atoms with Crippen molar-refractivity contribution < 1.29 is 19.1 Å². The lowest BCUT2D eigenvalue weighted by molar-refractivity contribution is -0.141. The number of likely N-dealkylation sites (N-methyl/N-ethyl adjacent to an activating group) is 1. The van der Waals surface area contributed by atoms with E-state index in [2.05, 4.69) is 10.6 Å². The Morgan fingerprint density at radius 2 is 1.54 bits per heavy atom. The first-order valence-corrected chi connectivity index (χ1v) is 12.9. The summed E-state index contributed by atoms with van der Waals surface area (Å²) < 4.78 is 5.41. The normalized spacial score (nSPS) is 13.1. The van der Waals surface area contributed by atoms with Crippen molar-refractivity contribution in [3.63, 3.8) is 0 Å². The lowest BCUT2D eigenvalue weighted by Gasteiger charge is -2.35. The number of hydrogen-bond donors (Lipinski definition) is 2. The van der Waals surface area contributed by atoms with E-state index in [1.54, 1.807) is 25.7 Å². The third kappa shape index (κ3) is 7.81. The van der Waals surface area contributed by atoms with Gasteiger partial charge in [-0.25, -0.2) is 4.79 Å². The molecule has 2 atom stereocenters. The van der Waals surface area contributed by atoms with Crippen molar-refractivity contribution in [2.75, 3.05) is 11.9 Å². The van der Waals surface area contributed by atoms with Gasteiger partial charge in [-0.3, -0.25) is 9.59 Å². The highest BCUT2D eigenvalue weighted by Gasteiger charge is 2.37. The Morgan fingerprint density at radius 1 is 0.946 bits per heavy atom. The fraction of sp³-hybridized carbons (Fsp3) is 0.500. The number of ether oxygens (including phenoxy) is 1. The van der Waals surface area contributed by atoms with Gasteiger partial charge in [0.2, 0.25) is 5.91 Å². The molecule has 0 aliphatic rings. The first-order valence-electron chi connectivity index (χ1n) is 12.9. The summed E-state index contributed by atoms with van der Waals surface area (Å²) in [6, 6.07) is 9.97. The van der Waals surface area contributed by atoms with Crippen molar-refractivity contribution in [2.24, 2.45) is 5.92 Å². The molecule has 7 nitrogen and oxygen atoms in total. The van der Waals surface area contributed by atoms with Gasteiger partial charge in [0.05, 0.1) is 0 Å². The molecule has 0 heterocycles. The summed E-state index contributed by atoms with van der Waals surface area (Å²) in [5.74, 6) is -0.873. The maximum Gasteiger partial charge on any atom is 0.408 e. The van der Waals surface area contributed by atoms with Crippen LogP contribution < -0.4 is 10.6 Å². The summed E-state index contributed by atoms with van der Waals surface area (Å²) in [5.41, 5.74) is 4.55. The van der Waals surface area contributed by atoms with Crippen molar-refractivity contribution in [3.8, 4) is 0 Å². The van der Waals surface area contributed by atoms with Gasteiger partial charge in [-0.05, 0) is 83.6 Å². The second kappa shape index (κ2) is 12.3. The van der Waals surface area contributed by atoms with Crippen LogP contribution in [0.3, 0.4) is 0 Å². The molecule has 2 aromatic rings. The second-order valence-corrected chi connectivity index (χ2v) is 11.0. The minimum atomic E-state index is -0.891. The van der Waals surface area contributed by atoms with E-state index in [1.165, 1.54) is 0 Å². The Balaban J connectivity index is 2.55. The number of hydrogen-bond acceptors (Lipinski definition) is 4. The van der Waals surface area contributed by atoms with Gasteiger partial charge in [-0.1, -0.05) is 55.8 Å². The van der Waals surface area contributed by atoms with Crippen LogP contribution in [-0.2, 0) is 14.3 Å². The monoisotopic (exact) mass is 509 g/mol. The third-order valence-corrected chi connectivity index (χ3v) is 6.25. The zero-order valence-corrected chi connectivity index (χ0v) is 24.0. The molecule has 2 unspecified atom stereocenters. The summed E-state index contributed by atoms with van der Waals surface area (Å²) in [6.45, 7) is 18.9. The van der Waals surface area contributed by atoms with E-state index in [-0.39, 0.29) is 24.3 Å². The quantitative estimate of drug-likeness (QED) is 0.457. The average molecular weight is 510 g/mol. The molecule has 0 aromatic heterocycles. The van der Waals surface area contributed by atoms with Gasteiger partial charge in [0.15, 0.2) is 0 Å². The highest BCUT2D eigenvalue weighted by Crippen LogP contribution is 2.30. The highest BCUT2D eigenvalue weighted by molar-refractivity contribution is 6.00. The van der Waals surface area contributed by atoms with E-state index >= 15 is 0 Å². The lowest BCUT2D eigenvalue weighted by atomic mass is 9.94. The minimum absolute atomic E-state index is 0.227. The predicted molar refractivity (Wildman–Crippen MR) is 149 cm³/mol. The molecular formula is C30H43N3O4. The summed E-state index contributed by atoms with van der Waals surface area (Å²) in [5, 5.41) is 5.83. The minimum Gasteiger partial charge on any atom is -0.444 e. The number of anilines is 1. The number of para-hydroxylation sites is 1. The Morgan fingerprint density at radius 3 is 2.05 bits per heavy atom. The van der Waals surface area contributed by atoms with Crippen molar-refractivity contribution in [2.45, 2.75) is 86.9 Å². The molecule has 3 amide bonds. The van der Waals surface area contributed by atoms with Gasteiger partial charge in [-0.2, -0.15) is 0 Å². The molecule has 2 rings (SSSR count). The number of aryl methyl sites for hydroxylation is 4. The first-order chi connectivity index (χ1) is 17.2. The number of alkyl carbamates (subject to hydrolysis) is 1. The third-order valence-electron chi connectivity index (χ3n) is 6.25. The predicted octanol–water partition coefficient (Wildman–Crippen LogP) is 6.00. The number of amides is 3. The van der Waals surface area contributed by atoms with E-state index in [9.17, 15) is 14.4 Å². The standard InChI is InChI=1S/C30H43N3O4/c1-11-33(28(35)24(18(2)3)32-29(36)37-30(8,9)10)26(23-17-19(4)15-16-20(23)5)27(34)31-25-21(6)13-12-14-22(25)7/h12-18,24,26H,11H2,1-10H3,(H,31,34)(H,32,36). The van der Waals surface area contributed by atoms with E-state index in [1.807, 2.05) is 84.9 Å². The zero-order chi connectivity index (χ0) is 28.1. The van der Waals surface area contributed by atoms with Crippen molar-refractivity contribution in [3.05, 3.63) is 64.2 Å². The van der Waals surface area contributed by atoms with Crippen LogP contribution in [0.4, 0.5) is 10.5 Å². The van der Waals surface area contributed by atoms with Crippen LogP contribution in [0.25, 0.3) is 0 Å². The molecular weight excluding hydrogens is 466 g/mol. The Kier molecular flexibility index (Phi) is 9.90. The second-order valence-electron chi connectivity index (χ2n) is 11.0. The highest BCUT2D eigenvalue weighted by atomic mass is 16.6. The molecule has 37 heavy (non-hydrogen) atoms. The van der Waals surface area contributed by atoms with Crippen LogP contribution in [0.5, 0.6) is 0 Å². The van der Waals surface area contributed by atoms with Crippen LogP contribution in [-0.4, -0.2) is 41.0 Å². The maximum absolute atomic E-state index is 14.0. The number of benzene rings is 2. The summed E-state index contributed by atoms with van der Waals surface area (Å²) in [6.07, 6.45) is -0.668. The molecule has 2 N–H and O–H groups in total. The van der Waals surface area contributed by atoms with E-state index < -0.39 is 23.8 Å². The van der Waals surface area contributed by atoms with E-state index in [0.29, 0.717) is 0 Å². The molecule has 202 valence electrons. The molecule has 0 bridgehead atoms. The molecule has 0 saturated heterocycles. The lowest BCUT2D eigenvalue weighted by Crippen LogP contribution is -2.54. The Bertz CT molecular complexity index is 1110. The van der Waals surface area contributed by atoms with Gasteiger partial charge in [0, 0.05) is 12.2 Å². The zero-order valence-electron chi connectivity index (χ0n) is 24.0. The summed E-state index contributed by atoms with van der Waals surface area (Å²) in [4.78, 5) is 42.1. The average Bonchev–Trinajstić information content (AvgIpc) is 2.78. The molecule has 0 aliphatic carbocycles. The fourth-order valence-electron chi connectivity index (χ4n) is 4.30. The van der Waals surface area contributed by atoms with E-state index in [4.69, 9.17) is 4.74 Å². The number of nitrogens with zero attached hydrogens (tertiary/aromatic N) is 1. The van der Waals surface area contributed by atoms with Gasteiger partial charge < -0.3 is 20.3 Å². The summed E-state index contributed by atoms with van der Waals surface area (Å²) in [7, 11) is 0. The molecule has 0 fully saturated rings. The SMILES string of the molecule is CCN(C(=O)C(NC(=O)OC(C)(C)C)C(C)C)C(C(=O)Nc1c(C)cccc1C)c1cc(C)ccc1C. The van der Waals surface area contributed by atoms with Crippen LogP contribution >= 0.6 is 0 Å². The molecule has 0 radical (unpaired) electrons. The summed E-state index contributed by atoms with van der Waals surface area (Å²) >= 11 is 0. The molecule has 0 spiro atoms. The van der Waals surface area contributed by atoms with Crippen LogP contribution in [0.15, 0.2) is 36.4 Å². The van der Waals surface area contributed by atoms with Gasteiger partial charge in [0.1, 0.15) is 17.7 Å². The molecule has 2 aromatic carbocycles. The topological polar surface area (TPSA) is 87.7 Å². The van der Waals surface area contributed by atoms with Crippen molar-refractivity contribution in [1.82, 2.24) is 10.2 Å². The van der Waals surface area contributed by atoms with Gasteiger partial charge in [-0.15, -0.1) is 0 Å². The largest absolute Gasteiger partial charge is 0.444 e. The van der Waals surface area contributed by atoms with Gasteiger partial charge in [0.25, 0.3) is 5.91 Å². The first kappa shape index (κ1) is 29.9. The molecule has 0 saturated carbocycles. The number of carbonyl (C=O) groups is 3. The van der Waals surface area contributed by atoms with E-state index in [0.717, 1.165) is 33.5 Å². The van der Waals surface area contributed by atoms with Crippen LogP contribution in [0.1, 0.15) is 75.4 Å². The fourth-order valence-corrected chi connectivity index (χ4v) is 4.30. The molecule has 0 aliphatic heterocycles. The van der Waals surface area contributed by atoms with Crippen molar-refractivity contribution >= 4 is 23.6 Å².